The summed E-state index contributed by atoms with van der Waals surface area (Å²) in [4.78, 5) is 22.1. The molecule has 4 rings (SSSR count). The Hall–Kier alpha value is -2.69. The van der Waals surface area contributed by atoms with Crippen molar-refractivity contribution in [2.75, 3.05) is 14.1 Å². The van der Waals surface area contributed by atoms with E-state index in [2.05, 4.69) is 16.5 Å². The number of sulfonamides is 1. The Morgan fingerprint density at radius 1 is 1.09 bits per heavy atom. The molecule has 0 unspecified atom stereocenters. The molecule has 0 amide bonds. The fourth-order valence-corrected chi connectivity index (χ4v) is 5.42. The quantitative estimate of drug-likeness (QED) is 0.354. The Bertz CT molecular complexity index is 1490. The molecule has 33 heavy (non-hydrogen) atoms. The van der Waals surface area contributed by atoms with Crippen LogP contribution in [0.1, 0.15) is 31.0 Å². The molecule has 3 aromatic heterocycles. The summed E-state index contributed by atoms with van der Waals surface area (Å²) in [6, 6.07) is 10.4. The summed E-state index contributed by atoms with van der Waals surface area (Å²) >= 11 is 1.50. The van der Waals surface area contributed by atoms with Crippen LogP contribution in [0.4, 0.5) is 0 Å². The summed E-state index contributed by atoms with van der Waals surface area (Å²) in [6.45, 7) is 4.87. The standard InChI is InChI=1S/C23H27N5O3S2/c1-5-6-10-27-20-8-7-18(33(30,31)26(3)4)14-19(20)25-23(27)32-15-17-13-22(29)28-11-9-16(2)12-21(28)24-17/h7-9,11-14H,5-6,10,15H2,1-4H3. The van der Waals surface area contributed by atoms with Crippen LogP contribution in [0.25, 0.3) is 16.7 Å². The zero-order valence-electron chi connectivity index (χ0n) is 19.1. The minimum Gasteiger partial charge on any atom is -0.319 e. The lowest BCUT2D eigenvalue weighted by Crippen LogP contribution is -2.22. The topological polar surface area (TPSA) is 89.6 Å². The largest absolute Gasteiger partial charge is 0.319 e. The van der Waals surface area contributed by atoms with Crippen LogP contribution in [0.5, 0.6) is 0 Å². The first kappa shape index (κ1) is 23.5. The van der Waals surface area contributed by atoms with Crippen LogP contribution in [-0.4, -0.2) is 45.8 Å². The molecule has 0 spiro atoms. The van der Waals surface area contributed by atoms with Crippen LogP contribution in [0, 0.1) is 6.92 Å². The Balaban J connectivity index is 1.70. The maximum Gasteiger partial charge on any atom is 0.258 e. The molecule has 0 fully saturated rings. The number of imidazole rings is 1. The van der Waals surface area contributed by atoms with E-state index >= 15 is 0 Å². The second-order valence-electron chi connectivity index (χ2n) is 8.14. The SMILES string of the molecule is CCCCn1c(SCc2cc(=O)n3ccc(C)cc3n2)nc2cc(S(=O)(=O)N(C)C)ccc21. The number of fused-ring (bicyclic) bond motifs is 2. The normalized spacial score (nSPS) is 12.3. The summed E-state index contributed by atoms with van der Waals surface area (Å²) in [6.07, 6.45) is 3.74. The number of pyridine rings is 1. The van der Waals surface area contributed by atoms with E-state index in [0.717, 1.165) is 35.6 Å². The van der Waals surface area contributed by atoms with E-state index in [4.69, 9.17) is 4.98 Å². The van der Waals surface area contributed by atoms with Gasteiger partial charge in [-0.15, -0.1) is 0 Å². The van der Waals surface area contributed by atoms with Gasteiger partial charge in [0, 0.05) is 38.7 Å². The number of hydrogen-bond donors (Lipinski definition) is 0. The molecule has 0 radical (unpaired) electrons. The summed E-state index contributed by atoms with van der Waals surface area (Å²) in [7, 11) is -0.513. The van der Waals surface area contributed by atoms with Gasteiger partial charge in [0.1, 0.15) is 5.65 Å². The van der Waals surface area contributed by atoms with Crippen molar-refractivity contribution in [2.45, 2.75) is 49.0 Å². The van der Waals surface area contributed by atoms with Crippen molar-refractivity contribution in [3.63, 3.8) is 0 Å². The average Bonchev–Trinajstić information content (AvgIpc) is 3.12. The number of nitrogens with zero attached hydrogens (tertiary/aromatic N) is 5. The number of rotatable bonds is 8. The molecule has 3 heterocycles. The fraction of sp³-hybridized carbons (Fsp3) is 0.348. The number of aryl methyl sites for hydroxylation is 2. The average molecular weight is 486 g/mol. The highest BCUT2D eigenvalue weighted by molar-refractivity contribution is 7.98. The zero-order valence-corrected chi connectivity index (χ0v) is 20.8. The second-order valence-corrected chi connectivity index (χ2v) is 11.2. The van der Waals surface area contributed by atoms with Crippen LogP contribution in [0.2, 0.25) is 0 Å². The van der Waals surface area contributed by atoms with Gasteiger partial charge in [-0.3, -0.25) is 9.20 Å². The molecule has 4 aromatic rings. The predicted octanol–water partition coefficient (Wildman–Crippen LogP) is 3.70. The monoisotopic (exact) mass is 485 g/mol. The summed E-state index contributed by atoms with van der Waals surface area (Å²) in [5, 5.41) is 0.782. The van der Waals surface area contributed by atoms with Crippen molar-refractivity contribution >= 4 is 38.5 Å². The summed E-state index contributed by atoms with van der Waals surface area (Å²) < 4.78 is 30.0. The minimum absolute atomic E-state index is 0.117. The molecule has 0 aliphatic heterocycles. The van der Waals surface area contributed by atoms with Crippen molar-refractivity contribution in [3.8, 4) is 0 Å². The number of thioether (sulfide) groups is 1. The lowest BCUT2D eigenvalue weighted by Gasteiger charge is -2.11. The molecule has 1 aromatic carbocycles. The predicted molar refractivity (Wildman–Crippen MR) is 131 cm³/mol. The van der Waals surface area contributed by atoms with Gasteiger partial charge in [-0.05, 0) is 49.2 Å². The first-order chi connectivity index (χ1) is 15.7. The van der Waals surface area contributed by atoms with E-state index < -0.39 is 10.0 Å². The second kappa shape index (κ2) is 9.28. The summed E-state index contributed by atoms with van der Waals surface area (Å²) in [5.41, 5.74) is 3.76. The van der Waals surface area contributed by atoms with Gasteiger partial charge < -0.3 is 4.57 Å². The van der Waals surface area contributed by atoms with Crippen LogP contribution in [0.15, 0.2) is 57.4 Å². The molecular formula is C23H27N5O3S2. The van der Waals surface area contributed by atoms with Gasteiger partial charge in [0.05, 0.1) is 21.6 Å². The van der Waals surface area contributed by atoms with Crippen molar-refractivity contribution < 1.29 is 8.42 Å². The lowest BCUT2D eigenvalue weighted by atomic mass is 10.3. The van der Waals surface area contributed by atoms with Crippen LogP contribution in [0.3, 0.4) is 0 Å². The molecule has 10 heteroatoms. The number of unbranched alkanes of at least 4 members (excludes halogenated alkanes) is 1. The van der Waals surface area contributed by atoms with Gasteiger partial charge in [0.25, 0.3) is 5.56 Å². The molecule has 174 valence electrons. The Labute approximate surface area is 197 Å². The van der Waals surface area contributed by atoms with Crippen molar-refractivity contribution in [1.29, 1.82) is 0 Å². The third-order valence-corrected chi connectivity index (χ3v) is 8.24. The van der Waals surface area contributed by atoms with Gasteiger partial charge in [-0.2, -0.15) is 0 Å². The van der Waals surface area contributed by atoms with Gasteiger partial charge >= 0.3 is 0 Å². The lowest BCUT2D eigenvalue weighted by molar-refractivity contribution is 0.521. The van der Waals surface area contributed by atoms with E-state index in [0.29, 0.717) is 22.6 Å². The van der Waals surface area contributed by atoms with Gasteiger partial charge in [0.2, 0.25) is 10.0 Å². The van der Waals surface area contributed by atoms with Crippen LogP contribution < -0.4 is 5.56 Å². The smallest absolute Gasteiger partial charge is 0.258 e. The van der Waals surface area contributed by atoms with E-state index in [9.17, 15) is 13.2 Å². The van der Waals surface area contributed by atoms with Gasteiger partial charge in [0.15, 0.2) is 5.16 Å². The van der Waals surface area contributed by atoms with Gasteiger partial charge in [-0.25, -0.2) is 22.7 Å². The van der Waals surface area contributed by atoms with Crippen LogP contribution >= 0.6 is 11.8 Å². The fourth-order valence-electron chi connectivity index (χ4n) is 3.57. The van der Waals surface area contributed by atoms with Gasteiger partial charge in [-0.1, -0.05) is 25.1 Å². The highest BCUT2D eigenvalue weighted by Gasteiger charge is 2.20. The molecule has 0 bridgehead atoms. The third kappa shape index (κ3) is 4.68. The zero-order chi connectivity index (χ0) is 23.8. The first-order valence-electron chi connectivity index (χ1n) is 10.8. The Kier molecular flexibility index (Phi) is 6.60. The molecule has 0 aliphatic carbocycles. The van der Waals surface area contributed by atoms with E-state index in [-0.39, 0.29) is 10.5 Å². The molecular weight excluding hydrogens is 458 g/mol. The first-order valence-corrected chi connectivity index (χ1v) is 13.2. The third-order valence-electron chi connectivity index (χ3n) is 5.42. The molecule has 8 nitrogen and oxygen atoms in total. The molecule has 0 saturated heterocycles. The van der Waals surface area contributed by atoms with Crippen molar-refractivity contribution in [1.82, 2.24) is 23.2 Å². The maximum atomic E-state index is 12.6. The number of aromatic nitrogens is 4. The highest BCUT2D eigenvalue weighted by Crippen LogP contribution is 2.29. The number of hydrogen-bond acceptors (Lipinski definition) is 6. The van der Waals surface area contributed by atoms with Crippen LogP contribution in [-0.2, 0) is 22.3 Å². The molecule has 0 saturated carbocycles. The van der Waals surface area contributed by atoms with E-state index in [1.54, 1.807) is 24.4 Å². The Morgan fingerprint density at radius 2 is 1.88 bits per heavy atom. The highest BCUT2D eigenvalue weighted by atomic mass is 32.2. The van der Waals surface area contributed by atoms with Crippen molar-refractivity contribution in [3.05, 3.63) is 64.2 Å². The molecule has 0 aliphatic rings. The Morgan fingerprint density at radius 3 is 2.61 bits per heavy atom. The molecule has 0 N–H and O–H groups in total. The number of benzene rings is 1. The minimum atomic E-state index is -3.54. The summed E-state index contributed by atoms with van der Waals surface area (Å²) in [5.74, 6) is 0.484. The maximum absolute atomic E-state index is 12.6. The van der Waals surface area contributed by atoms with E-state index in [1.165, 1.54) is 34.6 Å². The van der Waals surface area contributed by atoms with Crippen molar-refractivity contribution in [2.24, 2.45) is 0 Å². The molecule has 0 atom stereocenters. The van der Waals surface area contributed by atoms with E-state index in [1.807, 2.05) is 25.1 Å².